The molecule has 2 aromatic rings. The van der Waals surface area contributed by atoms with Crippen molar-refractivity contribution in [1.82, 2.24) is 20.2 Å². The molecule has 1 fully saturated rings. The van der Waals surface area contributed by atoms with Gasteiger partial charge in [-0.25, -0.2) is 4.98 Å². The zero-order valence-electron chi connectivity index (χ0n) is 13.0. The van der Waals surface area contributed by atoms with Gasteiger partial charge in [0.15, 0.2) is 0 Å². The Labute approximate surface area is 148 Å². The number of hydrogen-bond acceptors (Lipinski definition) is 4. The number of carbonyl (C=O) groups is 2. The first kappa shape index (κ1) is 16.6. The van der Waals surface area contributed by atoms with Crippen LogP contribution in [0, 0.1) is 0 Å². The number of nitrogens with zero attached hydrogens (tertiary/aromatic N) is 3. The molecule has 1 aliphatic heterocycles. The first-order valence-corrected chi connectivity index (χ1v) is 8.54. The molecule has 0 bridgehead atoms. The maximum absolute atomic E-state index is 12.5. The smallest absolute Gasteiger partial charge is 0.271 e. The molecule has 2 amide bonds. The number of amides is 2. The molecule has 7 heteroatoms. The summed E-state index contributed by atoms with van der Waals surface area (Å²) in [4.78, 5) is 34.3. The third-order valence-electron chi connectivity index (χ3n) is 3.98. The van der Waals surface area contributed by atoms with Crippen LogP contribution in [0.4, 0.5) is 0 Å². The van der Waals surface area contributed by atoms with Gasteiger partial charge in [-0.15, -0.1) is 0 Å². The molecule has 124 valence electrons. The molecule has 0 spiro atoms. The van der Waals surface area contributed by atoms with Crippen LogP contribution in [0.1, 0.15) is 33.7 Å². The lowest BCUT2D eigenvalue weighted by molar-refractivity contribution is 0.0697. The molecule has 1 aromatic heterocycles. The summed E-state index contributed by atoms with van der Waals surface area (Å²) in [5.41, 5.74) is 0.983. The third-order valence-corrected chi connectivity index (χ3v) is 4.48. The maximum Gasteiger partial charge on any atom is 0.271 e. The molecule has 3 rings (SSSR count). The van der Waals surface area contributed by atoms with Gasteiger partial charge in [0.1, 0.15) is 5.69 Å². The quantitative estimate of drug-likeness (QED) is 0.874. The molecule has 1 N–H and O–H groups in total. The summed E-state index contributed by atoms with van der Waals surface area (Å²) in [6.07, 6.45) is 5.93. The van der Waals surface area contributed by atoms with Crippen molar-refractivity contribution in [2.45, 2.75) is 18.9 Å². The summed E-state index contributed by atoms with van der Waals surface area (Å²) in [6, 6.07) is 7.43. The largest absolute Gasteiger partial charge is 0.348 e. The van der Waals surface area contributed by atoms with Gasteiger partial charge in [-0.2, -0.15) is 0 Å². The van der Waals surface area contributed by atoms with Crippen LogP contribution in [0.5, 0.6) is 0 Å². The van der Waals surface area contributed by atoms with E-state index < -0.39 is 0 Å². The van der Waals surface area contributed by atoms with Crippen molar-refractivity contribution in [1.29, 1.82) is 0 Å². The molecule has 0 radical (unpaired) electrons. The van der Waals surface area contributed by atoms with E-state index in [-0.39, 0.29) is 17.9 Å². The highest BCUT2D eigenvalue weighted by atomic mass is 79.9. The minimum atomic E-state index is -0.222. The summed E-state index contributed by atoms with van der Waals surface area (Å²) < 4.78 is 0.888. The molecular formula is C17H17BrN4O2. The number of aromatic nitrogens is 2. The maximum atomic E-state index is 12.5. The lowest BCUT2D eigenvalue weighted by atomic mass is 10.0. The van der Waals surface area contributed by atoms with Crippen molar-refractivity contribution in [3.05, 3.63) is 58.6 Å². The van der Waals surface area contributed by atoms with Crippen molar-refractivity contribution in [2.24, 2.45) is 0 Å². The minimum Gasteiger partial charge on any atom is -0.348 e. The van der Waals surface area contributed by atoms with E-state index in [1.54, 1.807) is 0 Å². The number of nitrogens with one attached hydrogen (secondary N) is 1. The van der Waals surface area contributed by atoms with Crippen molar-refractivity contribution >= 4 is 27.7 Å². The highest BCUT2D eigenvalue weighted by Crippen LogP contribution is 2.17. The highest BCUT2D eigenvalue weighted by Gasteiger charge is 2.25. The third kappa shape index (κ3) is 3.97. The van der Waals surface area contributed by atoms with E-state index in [9.17, 15) is 9.59 Å². The van der Waals surface area contributed by atoms with Crippen molar-refractivity contribution in [3.8, 4) is 0 Å². The predicted octanol–water partition coefficient (Wildman–Crippen LogP) is 2.27. The molecule has 0 unspecified atom stereocenters. The zero-order valence-corrected chi connectivity index (χ0v) is 14.6. The molecule has 0 atom stereocenters. The molecule has 24 heavy (non-hydrogen) atoms. The van der Waals surface area contributed by atoms with Gasteiger partial charge in [0.2, 0.25) is 0 Å². The van der Waals surface area contributed by atoms with Crippen LogP contribution < -0.4 is 5.32 Å². The van der Waals surface area contributed by atoms with Crippen LogP contribution in [-0.2, 0) is 0 Å². The molecule has 0 saturated carbocycles. The van der Waals surface area contributed by atoms with Crippen molar-refractivity contribution in [2.75, 3.05) is 13.1 Å². The van der Waals surface area contributed by atoms with Crippen molar-refractivity contribution in [3.63, 3.8) is 0 Å². The summed E-state index contributed by atoms with van der Waals surface area (Å²) in [6.45, 7) is 1.24. The number of carbonyl (C=O) groups excluding carboxylic acids is 2. The molecule has 2 heterocycles. The van der Waals surface area contributed by atoms with Crippen LogP contribution in [0.2, 0.25) is 0 Å². The molecule has 1 saturated heterocycles. The van der Waals surface area contributed by atoms with E-state index >= 15 is 0 Å². The van der Waals surface area contributed by atoms with Crippen LogP contribution in [0.25, 0.3) is 0 Å². The number of halogens is 1. The normalized spacial score (nSPS) is 15.1. The average Bonchev–Trinajstić information content (AvgIpc) is 2.62. The van der Waals surface area contributed by atoms with Gasteiger partial charge in [-0.3, -0.25) is 14.6 Å². The topological polar surface area (TPSA) is 75.2 Å². The Bertz CT molecular complexity index is 730. The molecule has 1 aliphatic rings. The monoisotopic (exact) mass is 388 g/mol. The van der Waals surface area contributed by atoms with E-state index in [4.69, 9.17) is 0 Å². The Morgan fingerprint density at radius 2 is 2.00 bits per heavy atom. The first-order chi connectivity index (χ1) is 11.6. The fourth-order valence-electron chi connectivity index (χ4n) is 2.71. The number of rotatable bonds is 3. The van der Waals surface area contributed by atoms with Gasteiger partial charge < -0.3 is 10.2 Å². The fraction of sp³-hybridized carbons (Fsp3) is 0.294. The van der Waals surface area contributed by atoms with E-state index in [1.807, 2.05) is 29.2 Å². The summed E-state index contributed by atoms with van der Waals surface area (Å²) in [5, 5.41) is 2.96. The molecule has 0 aliphatic carbocycles. The Hall–Kier alpha value is -2.28. The lowest BCUT2D eigenvalue weighted by Gasteiger charge is -2.32. The number of likely N-dealkylation sites (tertiary alicyclic amines) is 1. The van der Waals surface area contributed by atoms with Crippen LogP contribution >= 0.6 is 15.9 Å². The van der Waals surface area contributed by atoms with E-state index in [2.05, 4.69) is 31.2 Å². The second-order valence-electron chi connectivity index (χ2n) is 5.64. The summed E-state index contributed by atoms with van der Waals surface area (Å²) >= 11 is 3.38. The highest BCUT2D eigenvalue weighted by molar-refractivity contribution is 9.10. The van der Waals surface area contributed by atoms with Crippen LogP contribution in [0.15, 0.2) is 47.3 Å². The van der Waals surface area contributed by atoms with Crippen molar-refractivity contribution < 1.29 is 9.59 Å². The number of hydrogen-bond donors (Lipinski definition) is 1. The van der Waals surface area contributed by atoms with E-state index in [1.165, 1.54) is 18.6 Å². The van der Waals surface area contributed by atoms with E-state index in [0.717, 1.165) is 17.3 Å². The Morgan fingerprint density at radius 3 is 2.67 bits per heavy atom. The van der Waals surface area contributed by atoms with Gasteiger partial charge in [0, 0.05) is 41.6 Å². The zero-order chi connectivity index (χ0) is 16.9. The Kier molecular flexibility index (Phi) is 5.20. The van der Waals surface area contributed by atoms with Gasteiger partial charge in [0.25, 0.3) is 11.8 Å². The SMILES string of the molecule is O=C(NC1CCN(C(=O)c2cccc(Br)c2)CC1)c1cnccn1. The van der Waals surface area contributed by atoms with Gasteiger partial charge in [-0.1, -0.05) is 22.0 Å². The standard InChI is InChI=1S/C17H17BrN4O2/c18-13-3-1-2-12(10-13)17(24)22-8-4-14(5-9-22)21-16(23)15-11-19-6-7-20-15/h1-3,6-7,10-11,14H,4-5,8-9H2,(H,21,23). The molecular weight excluding hydrogens is 372 g/mol. The number of benzene rings is 1. The first-order valence-electron chi connectivity index (χ1n) is 7.75. The molecule has 6 nitrogen and oxygen atoms in total. The Balaban J connectivity index is 1.54. The summed E-state index contributed by atoms with van der Waals surface area (Å²) in [7, 11) is 0. The average molecular weight is 389 g/mol. The Morgan fingerprint density at radius 1 is 1.21 bits per heavy atom. The molecule has 1 aromatic carbocycles. The van der Waals surface area contributed by atoms with E-state index in [0.29, 0.717) is 24.3 Å². The minimum absolute atomic E-state index is 0.0232. The van der Waals surface area contributed by atoms with Crippen LogP contribution in [-0.4, -0.2) is 45.8 Å². The second-order valence-corrected chi connectivity index (χ2v) is 6.56. The fourth-order valence-corrected chi connectivity index (χ4v) is 3.11. The van der Waals surface area contributed by atoms with Gasteiger partial charge in [0.05, 0.1) is 6.20 Å². The predicted molar refractivity (Wildman–Crippen MR) is 92.6 cm³/mol. The summed E-state index contributed by atoms with van der Waals surface area (Å²) in [5.74, 6) is -0.199. The van der Waals surface area contributed by atoms with Gasteiger partial charge >= 0.3 is 0 Å². The van der Waals surface area contributed by atoms with Crippen LogP contribution in [0.3, 0.4) is 0 Å². The van der Waals surface area contributed by atoms with Gasteiger partial charge in [-0.05, 0) is 31.0 Å². The number of piperidine rings is 1. The lowest BCUT2D eigenvalue weighted by Crippen LogP contribution is -2.46. The second kappa shape index (κ2) is 7.53.